The van der Waals surface area contributed by atoms with Crippen molar-refractivity contribution >= 4 is 22.9 Å². The van der Waals surface area contributed by atoms with Gasteiger partial charge in [0.05, 0.1) is 0 Å². The first-order valence-electron chi connectivity index (χ1n) is 8.31. The van der Waals surface area contributed by atoms with Crippen LogP contribution in [0.2, 0.25) is 0 Å². The average molecular weight is 328 g/mol. The molecule has 0 radical (unpaired) electrons. The Morgan fingerprint density at radius 3 is 2.87 bits per heavy atom. The number of benzene rings is 1. The topological polar surface area (TPSA) is 32.3 Å². The zero-order valence-electron chi connectivity index (χ0n) is 13.6. The molecule has 1 fully saturated rings. The molecule has 2 aromatic rings. The van der Waals surface area contributed by atoms with Crippen LogP contribution in [-0.2, 0) is 11.2 Å². The number of hydrogen-bond donors (Lipinski definition) is 1. The second-order valence-electron chi connectivity index (χ2n) is 6.32. The minimum Gasteiger partial charge on any atom is -0.371 e. The summed E-state index contributed by atoms with van der Waals surface area (Å²) >= 11 is 1.72. The molecule has 122 valence electrons. The van der Waals surface area contributed by atoms with E-state index in [1.54, 1.807) is 11.3 Å². The summed E-state index contributed by atoms with van der Waals surface area (Å²) in [5.41, 5.74) is 2.59. The molecule has 1 amide bonds. The van der Waals surface area contributed by atoms with Gasteiger partial charge in [0.1, 0.15) is 0 Å². The number of carbonyl (C=O) groups is 1. The third kappa shape index (κ3) is 4.58. The molecule has 1 aliphatic heterocycles. The molecule has 4 heteroatoms. The summed E-state index contributed by atoms with van der Waals surface area (Å²) in [6.45, 7) is 5.03. The highest BCUT2D eigenvalue weighted by molar-refractivity contribution is 7.09. The van der Waals surface area contributed by atoms with Crippen LogP contribution in [-0.4, -0.2) is 25.5 Å². The number of amides is 1. The summed E-state index contributed by atoms with van der Waals surface area (Å²) in [6.07, 6.45) is 2.59. The Bertz CT molecular complexity index is 621. The molecule has 23 heavy (non-hydrogen) atoms. The van der Waals surface area contributed by atoms with Crippen LogP contribution < -0.4 is 10.2 Å². The molecule has 2 heterocycles. The lowest BCUT2D eigenvalue weighted by molar-refractivity contribution is -0.121. The zero-order valence-corrected chi connectivity index (χ0v) is 14.4. The largest absolute Gasteiger partial charge is 0.371 e. The van der Waals surface area contributed by atoms with Gasteiger partial charge in [0.15, 0.2) is 0 Å². The normalized spacial score (nSPS) is 17.4. The number of nitrogens with zero attached hydrogens (tertiary/aromatic N) is 1. The SMILES string of the molecule is Cc1ccc(N2CCC(CNC(=O)CCc3cccs3)C2)cc1. The van der Waals surface area contributed by atoms with Crippen molar-refractivity contribution in [1.82, 2.24) is 5.32 Å². The summed E-state index contributed by atoms with van der Waals surface area (Å²) < 4.78 is 0. The van der Waals surface area contributed by atoms with Crippen molar-refractivity contribution in [2.45, 2.75) is 26.2 Å². The standard InChI is InChI=1S/C19H24N2OS/c1-15-4-6-17(7-5-15)21-11-10-16(14-21)13-20-19(22)9-8-18-3-2-12-23-18/h2-7,12,16H,8-11,13-14H2,1H3,(H,20,22). The molecule has 3 nitrogen and oxygen atoms in total. The molecule has 0 saturated carbocycles. The number of rotatable bonds is 6. The Morgan fingerprint density at radius 2 is 2.13 bits per heavy atom. The molecule has 0 bridgehead atoms. The second kappa shape index (κ2) is 7.64. The Hall–Kier alpha value is -1.81. The molecule has 1 aromatic heterocycles. The lowest BCUT2D eigenvalue weighted by Crippen LogP contribution is -2.31. The quantitative estimate of drug-likeness (QED) is 0.878. The zero-order chi connectivity index (χ0) is 16.1. The van der Waals surface area contributed by atoms with Gasteiger partial charge >= 0.3 is 0 Å². The molecule has 1 aliphatic rings. The van der Waals surface area contributed by atoms with Crippen LogP contribution in [0, 0.1) is 12.8 Å². The molecule has 1 unspecified atom stereocenters. The molecule has 0 spiro atoms. The predicted molar refractivity (Wildman–Crippen MR) is 97.1 cm³/mol. The van der Waals surface area contributed by atoms with Gasteiger partial charge in [-0.15, -0.1) is 11.3 Å². The summed E-state index contributed by atoms with van der Waals surface area (Å²) in [5, 5.41) is 5.17. The Morgan fingerprint density at radius 1 is 1.30 bits per heavy atom. The minimum atomic E-state index is 0.173. The van der Waals surface area contributed by atoms with Crippen molar-refractivity contribution in [3.8, 4) is 0 Å². The fourth-order valence-corrected chi connectivity index (χ4v) is 3.74. The smallest absolute Gasteiger partial charge is 0.220 e. The molecule has 1 saturated heterocycles. The van der Waals surface area contributed by atoms with Crippen LogP contribution >= 0.6 is 11.3 Å². The maximum atomic E-state index is 12.0. The number of aryl methyl sites for hydroxylation is 2. The van der Waals surface area contributed by atoms with Gasteiger partial charge in [0, 0.05) is 36.6 Å². The van der Waals surface area contributed by atoms with Crippen LogP contribution in [0.25, 0.3) is 0 Å². The van der Waals surface area contributed by atoms with E-state index in [2.05, 4.69) is 52.9 Å². The van der Waals surface area contributed by atoms with E-state index < -0.39 is 0 Å². The lowest BCUT2D eigenvalue weighted by Gasteiger charge is -2.19. The number of thiophene rings is 1. The second-order valence-corrected chi connectivity index (χ2v) is 7.35. The van der Waals surface area contributed by atoms with Crippen LogP contribution in [0.5, 0.6) is 0 Å². The molecule has 1 atom stereocenters. The van der Waals surface area contributed by atoms with Gasteiger partial charge in [0.25, 0.3) is 0 Å². The highest BCUT2D eigenvalue weighted by atomic mass is 32.1. The number of nitrogens with one attached hydrogen (secondary N) is 1. The summed E-state index contributed by atoms with van der Waals surface area (Å²) in [6, 6.07) is 12.8. The van der Waals surface area contributed by atoms with Crippen LogP contribution in [0.3, 0.4) is 0 Å². The molecular formula is C19H24N2OS. The fraction of sp³-hybridized carbons (Fsp3) is 0.421. The van der Waals surface area contributed by atoms with Crippen molar-refractivity contribution in [2.24, 2.45) is 5.92 Å². The first-order valence-corrected chi connectivity index (χ1v) is 9.19. The van der Waals surface area contributed by atoms with Gasteiger partial charge in [0.2, 0.25) is 5.91 Å². The first kappa shape index (κ1) is 16.1. The van der Waals surface area contributed by atoms with E-state index in [-0.39, 0.29) is 5.91 Å². The number of anilines is 1. The van der Waals surface area contributed by atoms with Gasteiger partial charge in [-0.3, -0.25) is 4.79 Å². The summed E-state index contributed by atoms with van der Waals surface area (Å²) in [5.74, 6) is 0.731. The monoisotopic (exact) mass is 328 g/mol. The highest BCUT2D eigenvalue weighted by Gasteiger charge is 2.22. The van der Waals surface area contributed by atoms with E-state index in [0.29, 0.717) is 12.3 Å². The van der Waals surface area contributed by atoms with E-state index in [1.807, 2.05) is 6.07 Å². The van der Waals surface area contributed by atoms with Crippen LogP contribution in [0.4, 0.5) is 5.69 Å². The van der Waals surface area contributed by atoms with Gasteiger partial charge in [-0.05, 0) is 49.3 Å². The van der Waals surface area contributed by atoms with Gasteiger partial charge in [-0.25, -0.2) is 0 Å². The lowest BCUT2D eigenvalue weighted by atomic mass is 10.1. The molecule has 1 N–H and O–H groups in total. The molecular weight excluding hydrogens is 304 g/mol. The van der Waals surface area contributed by atoms with E-state index in [4.69, 9.17) is 0 Å². The first-order chi connectivity index (χ1) is 11.2. The van der Waals surface area contributed by atoms with E-state index >= 15 is 0 Å². The number of carbonyl (C=O) groups excluding carboxylic acids is 1. The van der Waals surface area contributed by atoms with Crippen LogP contribution in [0.1, 0.15) is 23.3 Å². The molecule has 1 aromatic carbocycles. The maximum absolute atomic E-state index is 12.0. The van der Waals surface area contributed by atoms with Crippen molar-refractivity contribution in [1.29, 1.82) is 0 Å². The third-order valence-corrected chi connectivity index (χ3v) is 5.39. The van der Waals surface area contributed by atoms with Gasteiger partial charge < -0.3 is 10.2 Å². The fourth-order valence-electron chi connectivity index (χ4n) is 3.03. The summed E-state index contributed by atoms with van der Waals surface area (Å²) in [4.78, 5) is 15.7. The molecule has 0 aliphatic carbocycles. The predicted octanol–water partition coefficient (Wildman–Crippen LogP) is 3.63. The van der Waals surface area contributed by atoms with Gasteiger partial charge in [-0.2, -0.15) is 0 Å². The van der Waals surface area contributed by atoms with Crippen molar-refractivity contribution in [3.63, 3.8) is 0 Å². The van der Waals surface area contributed by atoms with E-state index in [0.717, 1.165) is 32.5 Å². The minimum absolute atomic E-state index is 0.173. The van der Waals surface area contributed by atoms with E-state index in [9.17, 15) is 4.79 Å². The highest BCUT2D eigenvalue weighted by Crippen LogP contribution is 2.23. The maximum Gasteiger partial charge on any atom is 0.220 e. The van der Waals surface area contributed by atoms with Crippen molar-refractivity contribution < 1.29 is 4.79 Å². The number of hydrogen-bond acceptors (Lipinski definition) is 3. The van der Waals surface area contributed by atoms with Crippen molar-refractivity contribution in [3.05, 3.63) is 52.2 Å². The van der Waals surface area contributed by atoms with Crippen LogP contribution in [0.15, 0.2) is 41.8 Å². The molecule has 3 rings (SSSR count). The van der Waals surface area contributed by atoms with Gasteiger partial charge in [-0.1, -0.05) is 23.8 Å². The summed E-state index contributed by atoms with van der Waals surface area (Å²) in [7, 11) is 0. The average Bonchev–Trinajstić information content (AvgIpc) is 3.23. The van der Waals surface area contributed by atoms with E-state index in [1.165, 1.54) is 16.1 Å². The third-order valence-electron chi connectivity index (χ3n) is 4.45. The Balaban J connectivity index is 1.39. The Kier molecular flexibility index (Phi) is 5.34. The Labute approximate surface area is 142 Å². The van der Waals surface area contributed by atoms with Crippen molar-refractivity contribution in [2.75, 3.05) is 24.5 Å².